The maximum atomic E-state index is 10.7. The van der Waals surface area contributed by atoms with Crippen LogP contribution < -0.4 is 4.18 Å². The van der Waals surface area contributed by atoms with Crippen molar-refractivity contribution in [2.24, 2.45) is 0 Å². The van der Waals surface area contributed by atoms with Crippen molar-refractivity contribution in [2.45, 2.75) is 0 Å². The van der Waals surface area contributed by atoms with Gasteiger partial charge in [-0.3, -0.25) is 4.55 Å². The highest BCUT2D eigenvalue weighted by molar-refractivity contribution is 7.81. The topological polar surface area (TPSA) is 63.6 Å². The summed E-state index contributed by atoms with van der Waals surface area (Å²) in [5.41, 5.74) is 1.41. The fourth-order valence-corrected chi connectivity index (χ4v) is 1.88. The fraction of sp³-hybridized carbons (Fsp3) is 0. The molecular formula is C12H10O4S. The molecule has 2 rings (SSSR count). The molecule has 0 radical (unpaired) electrons. The van der Waals surface area contributed by atoms with E-state index in [0.29, 0.717) is 5.56 Å². The quantitative estimate of drug-likeness (QED) is 0.857. The van der Waals surface area contributed by atoms with Gasteiger partial charge in [0.25, 0.3) is 0 Å². The van der Waals surface area contributed by atoms with E-state index in [0.717, 1.165) is 5.56 Å². The molecule has 0 heterocycles. The van der Waals surface area contributed by atoms with Crippen LogP contribution in [0.4, 0.5) is 0 Å². The molecule has 88 valence electrons. The third-order valence-corrected chi connectivity index (χ3v) is 2.56. The second-order valence-electron chi connectivity index (χ2n) is 3.37. The van der Waals surface area contributed by atoms with Crippen LogP contribution in [-0.4, -0.2) is 13.0 Å². The summed E-state index contributed by atoms with van der Waals surface area (Å²) in [5, 5.41) is 0. The van der Waals surface area contributed by atoms with Crippen LogP contribution in [0.5, 0.6) is 5.75 Å². The fourth-order valence-electron chi connectivity index (χ4n) is 1.51. The predicted molar refractivity (Wildman–Crippen MR) is 64.1 cm³/mol. The van der Waals surface area contributed by atoms with E-state index in [1.165, 1.54) is 6.07 Å². The number of hydrogen-bond donors (Lipinski definition) is 1. The lowest BCUT2D eigenvalue weighted by atomic mass is 10.2. The Morgan fingerprint density at radius 2 is 1.47 bits per heavy atom. The summed E-state index contributed by atoms with van der Waals surface area (Å²) in [6, 6.07) is 15.8. The summed E-state index contributed by atoms with van der Waals surface area (Å²) in [5.74, 6) is 0.0983. The Bertz CT molecular complexity index is 605. The Labute approximate surface area is 99.4 Å². The molecule has 0 aliphatic rings. The summed E-state index contributed by atoms with van der Waals surface area (Å²) in [6.07, 6.45) is 0. The van der Waals surface area contributed by atoms with Gasteiger partial charge in [0.05, 0.1) is 0 Å². The molecule has 0 aliphatic heterocycles. The molecule has 5 heteroatoms. The standard InChI is InChI=1S/C12H10O4S/c13-17(14,15)16-12-9-5-4-8-11(12)10-6-2-1-3-7-10/h1-9H,(H,13,14,15)/i1+1,2+1,3+1,6+1,7+1,10+1. The van der Waals surface area contributed by atoms with Gasteiger partial charge in [0.1, 0.15) is 0 Å². The Kier molecular flexibility index (Phi) is 3.12. The van der Waals surface area contributed by atoms with Gasteiger partial charge >= 0.3 is 10.4 Å². The van der Waals surface area contributed by atoms with E-state index < -0.39 is 10.4 Å². The van der Waals surface area contributed by atoms with E-state index in [9.17, 15) is 8.42 Å². The molecule has 2 aromatic carbocycles. The second-order valence-corrected chi connectivity index (χ2v) is 4.40. The number of benzene rings is 2. The molecule has 0 aromatic heterocycles. The van der Waals surface area contributed by atoms with Gasteiger partial charge in [-0.2, -0.15) is 8.42 Å². The molecule has 0 spiro atoms. The zero-order valence-corrected chi connectivity index (χ0v) is 9.59. The predicted octanol–water partition coefficient (Wildman–Crippen LogP) is 2.54. The van der Waals surface area contributed by atoms with Gasteiger partial charge in [0.15, 0.2) is 5.75 Å². The third-order valence-electron chi connectivity index (χ3n) is 2.17. The highest BCUT2D eigenvalue weighted by Gasteiger charge is 2.11. The monoisotopic (exact) mass is 256 g/mol. The Balaban J connectivity index is 2.49. The molecule has 0 unspecified atom stereocenters. The van der Waals surface area contributed by atoms with E-state index in [-0.39, 0.29) is 5.75 Å². The largest absolute Gasteiger partial charge is 0.446 e. The average molecular weight is 256 g/mol. The molecule has 0 bridgehead atoms. The Hall–Kier alpha value is -1.85. The average Bonchev–Trinajstić information content (AvgIpc) is 2.29. The summed E-state index contributed by atoms with van der Waals surface area (Å²) in [6.45, 7) is 0. The van der Waals surface area contributed by atoms with Gasteiger partial charge in [-0.25, -0.2) is 0 Å². The van der Waals surface area contributed by atoms with Gasteiger partial charge < -0.3 is 4.18 Å². The third kappa shape index (κ3) is 3.05. The van der Waals surface area contributed by atoms with Crippen molar-refractivity contribution in [1.82, 2.24) is 0 Å². The van der Waals surface area contributed by atoms with Crippen molar-refractivity contribution in [1.29, 1.82) is 0 Å². The summed E-state index contributed by atoms with van der Waals surface area (Å²) >= 11 is 0. The number of rotatable bonds is 3. The van der Waals surface area contributed by atoms with Crippen LogP contribution in [0.1, 0.15) is 0 Å². The van der Waals surface area contributed by atoms with E-state index in [1.807, 2.05) is 30.3 Å². The number of hydrogen-bond acceptors (Lipinski definition) is 3. The molecule has 0 saturated heterocycles. The van der Waals surface area contributed by atoms with Gasteiger partial charge in [-0.1, -0.05) is 48.5 Å². The lowest BCUT2D eigenvalue weighted by molar-refractivity contribution is 0.387. The minimum Gasteiger partial charge on any atom is -0.361 e. The van der Waals surface area contributed by atoms with Crippen molar-refractivity contribution in [3.8, 4) is 16.9 Å². The summed E-state index contributed by atoms with van der Waals surface area (Å²) in [7, 11) is -4.51. The van der Waals surface area contributed by atoms with Crippen LogP contribution in [0.2, 0.25) is 0 Å². The van der Waals surface area contributed by atoms with Crippen LogP contribution in [0.3, 0.4) is 0 Å². The lowest BCUT2D eigenvalue weighted by Gasteiger charge is -2.08. The van der Waals surface area contributed by atoms with Crippen LogP contribution in [0.15, 0.2) is 54.6 Å². The highest BCUT2D eigenvalue weighted by Crippen LogP contribution is 2.30. The molecule has 1 N–H and O–H groups in total. The minimum absolute atomic E-state index is 0.0983. The van der Waals surface area contributed by atoms with Gasteiger partial charge in [0, 0.05) is 5.56 Å². The molecule has 4 nitrogen and oxygen atoms in total. The first kappa shape index (κ1) is 11.6. The Morgan fingerprint density at radius 3 is 2.12 bits per heavy atom. The van der Waals surface area contributed by atoms with E-state index >= 15 is 0 Å². The van der Waals surface area contributed by atoms with Crippen molar-refractivity contribution < 1.29 is 17.2 Å². The van der Waals surface area contributed by atoms with Gasteiger partial charge in [0.2, 0.25) is 0 Å². The zero-order valence-electron chi connectivity index (χ0n) is 8.78. The molecule has 0 atom stereocenters. The minimum atomic E-state index is -4.51. The van der Waals surface area contributed by atoms with Gasteiger partial charge in [-0.15, -0.1) is 0 Å². The van der Waals surface area contributed by atoms with Crippen molar-refractivity contribution >= 4 is 10.4 Å². The molecular weight excluding hydrogens is 246 g/mol. The molecule has 2 aromatic rings. The number of para-hydroxylation sites is 1. The van der Waals surface area contributed by atoms with Crippen LogP contribution in [0, 0.1) is 0 Å². The first-order valence-corrected chi connectivity index (χ1v) is 6.24. The first-order chi connectivity index (χ1) is 8.06. The second kappa shape index (κ2) is 4.57. The highest BCUT2D eigenvalue weighted by atomic mass is 32.3. The maximum absolute atomic E-state index is 10.7. The van der Waals surface area contributed by atoms with Crippen molar-refractivity contribution in [3.63, 3.8) is 0 Å². The Morgan fingerprint density at radius 1 is 0.882 bits per heavy atom. The SMILES string of the molecule is O=S(=O)(O)Oc1ccccc1-[13c]1[13cH][13cH][13cH][13cH][13cH]1. The molecule has 0 saturated carbocycles. The van der Waals surface area contributed by atoms with E-state index in [2.05, 4.69) is 4.18 Å². The molecule has 0 aliphatic carbocycles. The molecule has 0 amide bonds. The van der Waals surface area contributed by atoms with Crippen LogP contribution in [0.25, 0.3) is 11.1 Å². The van der Waals surface area contributed by atoms with Gasteiger partial charge in [-0.05, 0) is 11.6 Å². The summed E-state index contributed by atoms with van der Waals surface area (Å²) < 4.78 is 34.6. The van der Waals surface area contributed by atoms with E-state index in [1.54, 1.807) is 18.2 Å². The normalized spacial score (nSPS) is 11.1. The van der Waals surface area contributed by atoms with E-state index in [4.69, 9.17) is 4.55 Å². The van der Waals surface area contributed by atoms with Crippen molar-refractivity contribution in [2.75, 3.05) is 0 Å². The first-order valence-electron chi connectivity index (χ1n) is 4.87. The van der Waals surface area contributed by atoms with Crippen LogP contribution in [-0.2, 0) is 10.4 Å². The molecule has 0 fully saturated rings. The van der Waals surface area contributed by atoms with Crippen LogP contribution >= 0.6 is 0 Å². The zero-order chi connectivity index (χ0) is 12.3. The lowest BCUT2D eigenvalue weighted by Crippen LogP contribution is -2.07. The summed E-state index contributed by atoms with van der Waals surface area (Å²) in [4.78, 5) is 0. The van der Waals surface area contributed by atoms with Crippen molar-refractivity contribution in [3.05, 3.63) is 54.6 Å². The maximum Gasteiger partial charge on any atom is 0.446 e. The molecule has 17 heavy (non-hydrogen) atoms. The smallest absolute Gasteiger partial charge is 0.361 e.